The number of hydrogen-bond donors (Lipinski definition) is 0. The summed E-state index contributed by atoms with van der Waals surface area (Å²) in [6.07, 6.45) is 13.6. The van der Waals surface area contributed by atoms with E-state index in [1.807, 2.05) is 18.2 Å². The number of likely N-dealkylation sites (N-methyl/N-ethyl adjacent to an activating group) is 1. The zero-order chi connectivity index (χ0) is 20.4. The maximum Gasteiger partial charge on any atom is 0.343 e. The molecule has 3 heteroatoms. The molecule has 1 unspecified atom stereocenters. The van der Waals surface area contributed by atoms with Gasteiger partial charge in [0.25, 0.3) is 0 Å². The average Bonchev–Trinajstić information content (AvgIpc) is 3.13. The van der Waals surface area contributed by atoms with Gasteiger partial charge in [-0.05, 0) is 67.4 Å². The second kappa shape index (κ2) is 6.44. The molecule has 1 heterocycles. The van der Waals surface area contributed by atoms with Gasteiger partial charge in [0, 0.05) is 24.0 Å². The zero-order valence-corrected chi connectivity index (χ0v) is 18.5. The number of nitrogens with zero attached hydrogens (tertiary/aromatic N) is 1. The van der Waals surface area contributed by atoms with Crippen molar-refractivity contribution in [1.82, 2.24) is 4.48 Å². The third-order valence-electron chi connectivity index (χ3n) is 9.76. The molecule has 0 N–H and O–H groups in total. The third-order valence-corrected chi connectivity index (χ3v) is 9.76. The first-order chi connectivity index (χ1) is 13.8. The van der Waals surface area contributed by atoms with Crippen LogP contribution in [0.1, 0.15) is 58.8 Å². The summed E-state index contributed by atoms with van der Waals surface area (Å²) in [4.78, 5) is 13.4. The number of fused-ring (bicyclic) bond motifs is 5. The van der Waals surface area contributed by atoms with Crippen LogP contribution >= 0.6 is 0 Å². The van der Waals surface area contributed by atoms with Crippen LogP contribution in [-0.4, -0.2) is 26.1 Å². The highest BCUT2D eigenvalue weighted by atomic mass is 16.5. The molecule has 3 fully saturated rings. The standard InChI is InChI=1S/C26H36NO2/c1-25-14-6-9-21(25)20-10-11-23-26(2,22(20)12-15-25)16-13-24(28)27(23,3)18-7-5-8-19(17-18)29-4/h5,7-8,13,16-17,20-23H,6,9-12,14-15H2,1-4H3/q+1/t20-,21-,22-,23+,25-,26+,27?/m0/s1. The van der Waals surface area contributed by atoms with E-state index in [0.717, 1.165) is 29.7 Å². The van der Waals surface area contributed by atoms with E-state index in [1.165, 1.54) is 38.5 Å². The van der Waals surface area contributed by atoms with Gasteiger partial charge in [0.1, 0.15) is 17.5 Å². The molecule has 0 bridgehead atoms. The number of hydrogen-bond acceptors (Lipinski definition) is 2. The minimum Gasteiger partial charge on any atom is -0.497 e. The molecule has 3 nitrogen and oxygen atoms in total. The molecule has 1 aromatic carbocycles. The Kier molecular flexibility index (Phi) is 4.30. The molecule has 7 atom stereocenters. The van der Waals surface area contributed by atoms with Crippen LogP contribution in [0.25, 0.3) is 0 Å². The molecule has 29 heavy (non-hydrogen) atoms. The van der Waals surface area contributed by atoms with Crippen molar-refractivity contribution in [3.05, 3.63) is 36.4 Å². The predicted octanol–water partition coefficient (Wildman–Crippen LogP) is 5.73. The van der Waals surface area contributed by atoms with Crippen molar-refractivity contribution >= 4 is 11.6 Å². The molecule has 3 saturated carbocycles. The lowest BCUT2D eigenvalue weighted by molar-refractivity contribution is -0.136. The number of quaternary nitrogens is 1. The first-order valence-electron chi connectivity index (χ1n) is 11.6. The SMILES string of the molecule is COc1cccc([N+]2(C)C(=O)C=C[C@@]3(C)[C@H]2CC[C@H]2[C@@H]4CCC[C@@]4(C)CC[C@@H]23)c1. The smallest absolute Gasteiger partial charge is 0.343 e. The van der Waals surface area contributed by atoms with Gasteiger partial charge in [0.15, 0.2) is 0 Å². The van der Waals surface area contributed by atoms with E-state index < -0.39 is 0 Å². The van der Waals surface area contributed by atoms with Gasteiger partial charge in [0.05, 0.1) is 14.2 Å². The van der Waals surface area contributed by atoms with E-state index in [2.05, 4.69) is 39.1 Å². The van der Waals surface area contributed by atoms with E-state index in [1.54, 1.807) is 7.11 Å². The Bertz CT molecular complexity index is 862. The fraction of sp³-hybridized carbons (Fsp3) is 0.654. The number of rotatable bonds is 2. The largest absolute Gasteiger partial charge is 0.497 e. The van der Waals surface area contributed by atoms with Gasteiger partial charge in [-0.25, -0.2) is 9.28 Å². The molecule has 1 aromatic rings. The minimum atomic E-state index is 0.0819. The maximum atomic E-state index is 13.4. The van der Waals surface area contributed by atoms with Crippen molar-refractivity contribution in [2.24, 2.45) is 28.6 Å². The molecule has 0 saturated heterocycles. The molecule has 0 radical (unpaired) electrons. The first-order valence-corrected chi connectivity index (χ1v) is 11.6. The highest BCUT2D eigenvalue weighted by molar-refractivity contribution is 5.98. The Labute approximate surface area is 175 Å². The predicted molar refractivity (Wildman–Crippen MR) is 118 cm³/mol. The van der Waals surface area contributed by atoms with E-state index in [9.17, 15) is 4.79 Å². The molecular weight excluding hydrogens is 358 g/mol. The summed E-state index contributed by atoms with van der Waals surface area (Å²) in [5, 5.41) is 0. The molecule has 3 aliphatic carbocycles. The number of methoxy groups -OCH3 is 1. The topological polar surface area (TPSA) is 26.3 Å². The van der Waals surface area contributed by atoms with Crippen LogP contribution in [0.4, 0.5) is 5.69 Å². The summed E-state index contributed by atoms with van der Waals surface area (Å²) < 4.78 is 5.88. The number of carbonyl (C=O) groups is 1. The monoisotopic (exact) mass is 394 g/mol. The van der Waals surface area contributed by atoms with E-state index in [4.69, 9.17) is 4.74 Å². The molecule has 1 aliphatic heterocycles. The Morgan fingerprint density at radius 2 is 1.90 bits per heavy atom. The lowest BCUT2D eigenvalue weighted by atomic mass is 9.48. The third kappa shape index (κ3) is 2.55. The van der Waals surface area contributed by atoms with Gasteiger partial charge < -0.3 is 4.74 Å². The zero-order valence-electron chi connectivity index (χ0n) is 18.5. The van der Waals surface area contributed by atoms with Crippen LogP contribution in [-0.2, 0) is 4.79 Å². The van der Waals surface area contributed by atoms with Crippen molar-refractivity contribution in [1.29, 1.82) is 0 Å². The van der Waals surface area contributed by atoms with Gasteiger partial charge in [-0.15, -0.1) is 0 Å². The normalized spacial score (nSPS) is 46.0. The molecular formula is C26H36NO2+. The number of ether oxygens (including phenoxy) is 1. The molecule has 0 aromatic heterocycles. The summed E-state index contributed by atoms with van der Waals surface area (Å²) in [6, 6.07) is 8.48. The van der Waals surface area contributed by atoms with Gasteiger partial charge in [-0.1, -0.05) is 32.4 Å². The highest BCUT2D eigenvalue weighted by Gasteiger charge is 2.63. The van der Waals surface area contributed by atoms with Crippen LogP contribution in [0.15, 0.2) is 36.4 Å². The average molecular weight is 395 g/mol. The van der Waals surface area contributed by atoms with Gasteiger partial charge in [0.2, 0.25) is 0 Å². The lowest BCUT2D eigenvalue weighted by Crippen LogP contribution is -2.69. The van der Waals surface area contributed by atoms with Crippen molar-refractivity contribution in [3.8, 4) is 5.75 Å². The van der Waals surface area contributed by atoms with E-state index >= 15 is 0 Å². The Morgan fingerprint density at radius 1 is 1.07 bits per heavy atom. The quantitative estimate of drug-likeness (QED) is 0.599. The maximum absolute atomic E-state index is 13.4. The Balaban J connectivity index is 1.56. The molecule has 4 aliphatic rings. The lowest BCUT2D eigenvalue weighted by Gasteiger charge is -2.60. The molecule has 0 spiro atoms. The van der Waals surface area contributed by atoms with Crippen LogP contribution in [0.2, 0.25) is 0 Å². The van der Waals surface area contributed by atoms with Gasteiger partial charge in [-0.2, -0.15) is 0 Å². The number of carbonyl (C=O) groups excluding carboxylic acids is 1. The minimum absolute atomic E-state index is 0.0819. The summed E-state index contributed by atoms with van der Waals surface area (Å²) in [5.41, 5.74) is 1.72. The summed E-state index contributed by atoms with van der Waals surface area (Å²) in [5.74, 6) is 3.46. The second-order valence-corrected chi connectivity index (χ2v) is 10.9. The fourth-order valence-electron chi connectivity index (χ4n) is 8.18. The number of benzene rings is 1. The van der Waals surface area contributed by atoms with Crippen LogP contribution in [0.3, 0.4) is 0 Å². The highest BCUT2D eigenvalue weighted by Crippen LogP contribution is 2.64. The molecule has 5 rings (SSSR count). The van der Waals surface area contributed by atoms with Gasteiger partial charge >= 0.3 is 5.91 Å². The van der Waals surface area contributed by atoms with Crippen LogP contribution < -0.4 is 9.22 Å². The Morgan fingerprint density at radius 3 is 2.69 bits per heavy atom. The van der Waals surface area contributed by atoms with Gasteiger partial charge in [-0.3, -0.25) is 0 Å². The fourth-order valence-corrected chi connectivity index (χ4v) is 8.18. The Hall–Kier alpha value is -1.61. The second-order valence-electron chi connectivity index (χ2n) is 10.9. The van der Waals surface area contributed by atoms with E-state index in [-0.39, 0.29) is 11.3 Å². The van der Waals surface area contributed by atoms with Crippen LogP contribution in [0.5, 0.6) is 5.75 Å². The van der Waals surface area contributed by atoms with Crippen molar-refractivity contribution in [2.75, 3.05) is 14.2 Å². The van der Waals surface area contributed by atoms with Crippen LogP contribution in [0, 0.1) is 28.6 Å². The van der Waals surface area contributed by atoms with Crippen molar-refractivity contribution in [3.63, 3.8) is 0 Å². The summed E-state index contributed by atoms with van der Waals surface area (Å²) >= 11 is 0. The van der Waals surface area contributed by atoms with Crippen molar-refractivity contribution < 1.29 is 9.53 Å². The van der Waals surface area contributed by atoms with Crippen molar-refractivity contribution in [2.45, 2.75) is 64.8 Å². The number of amides is 1. The molecule has 1 amide bonds. The molecule has 156 valence electrons. The summed E-state index contributed by atoms with van der Waals surface area (Å²) in [6.45, 7) is 5.03. The van der Waals surface area contributed by atoms with E-state index in [0.29, 0.717) is 21.9 Å². The summed E-state index contributed by atoms with van der Waals surface area (Å²) in [7, 11) is 3.85. The first kappa shape index (κ1) is 19.4.